The maximum Gasteiger partial charge on any atom is 0.222 e. The highest BCUT2D eigenvalue weighted by molar-refractivity contribution is 5.76. The van der Waals surface area contributed by atoms with Crippen LogP contribution in [0.3, 0.4) is 0 Å². The largest absolute Gasteiger partial charge is 0.493 e. The molecule has 26 heavy (non-hydrogen) atoms. The van der Waals surface area contributed by atoms with Crippen LogP contribution in [0.15, 0.2) is 12.1 Å². The number of amides is 1. The molecule has 2 N–H and O–H groups in total. The molecule has 0 aliphatic heterocycles. The molecule has 0 fully saturated rings. The van der Waals surface area contributed by atoms with E-state index in [1.54, 1.807) is 14.2 Å². The fourth-order valence-electron chi connectivity index (χ4n) is 3.92. The lowest BCUT2D eigenvalue weighted by molar-refractivity contribution is -0.134. The molecule has 1 aromatic rings. The van der Waals surface area contributed by atoms with Gasteiger partial charge >= 0.3 is 0 Å². The lowest BCUT2D eigenvalue weighted by Gasteiger charge is -2.36. The van der Waals surface area contributed by atoms with Gasteiger partial charge < -0.3 is 20.1 Å². The summed E-state index contributed by atoms with van der Waals surface area (Å²) in [6.45, 7) is 3.68. The third-order valence-electron chi connectivity index (χ3n) is 5.25. The van der Waals surface area contributed by atoms with Crippen LogP contribution in [0.1, 0.15) is 56.6 Å². The predicted molar refractivity (Wildman–Crippen MR) is 105 cm³/mol. The Morgan fingerprint density at radius 3 is 2.69 bits per heavy atom. The zero-order valence-electron chi connectivity index (χ0n) is 16.6. The van der Waals surface area contributed by atoms with Gasteiger partial charge in [-0.05, 0) is 56.7 Å². The average molecular weight is 363 g/mol. The lowest BCUT2D eigenvalue weighted by Crippen LogP contribution is -2.43. The Balaban J connectivity index is 2.09. The van der Waals surface area contributed by atoms with Crippen molar-refractivity contribution in [2.24, 2.45) is 5.73 Å². The number of carbonyl (C=O) groups is 1. The average Bonchev–Trinajstić information content (AvgIpc) is 2.67. The summed E-state index contributed by atoms with van der Waals surface area (Å²) in [5, 5.41) is 0. The van der Waals surface area contributed by atoms with E-state index in [0.717, 1.165) is 63.0 Å². The molecular formula is C21H34N2O3. The van der Waals surface area contributed by atoms with Crippen LogP contribution in [0, 0.1) is 0 Å². The van der Waals surface area contributed by atoms with Gasteiger partial charge in [0.25, 0.3) is 0 Å². The van der Waals surface area contributed by atoms with Gasteiger partial charge in [-0.2, -0.15) is 0 Å². The van der Waals surface area contributed by atoms with Gasteiger partial charge in [-0.15, -0.1) is 0 Å². The molecule has 1 aliphatic rings. The van der Waals surface area contributed by atoms with Gasteiger partial charge in [0.1, 0.15) is 0 Å². The number of benzene rings is 1. The van der Waals surface area contributed by atoms with Crippen molar-refractivity contribution in [3.05, 3.63) is 23.3 Å². The molecule has 1 aromatic carbocycles. The van der Waals surface area contributed by atoms with Crippen molar-refractivity contribution < 1.29 is 14.3 Å². The van der Waals surface area contributed by atoms with Crippen molar-refractivity contribution in [3.63, 3.8) is 0 Å². The van der Waals surface area contributed by atoms with E-state index in [1.165, 1.54) is 11.1 Å². The van der Waals surface area contributed by atoms with Crippen LogP contribution in [0.25, 0.3) is 0 Å². The summed E-state index contributed by atoms with van der Waals surface area (Å²) in [5.74, 6) is 1.92. The first-order chi connectivity index (χ1) is 12.7. The van der Waals surface area contributed by atoms with Crippen LogP contribution in [0.5, 0.6) is 11.5 Å². The van der Waals surface area contributed by atoms with Gasteiger partial charge in [0.05, 0.1) is 14.2 Å². The molecule has 0 aromatic heterocycles. The molecule has 0 unspecified atom stereocenters. The number of hydrogen-bond donors (Lipinski definition) is 1. The molecule has 0 saturated heterocycles. The maximum atomic E-state index is 12.8. The Morgan fingerprint density at radius 2 is 2.04 bits per heavy atom. The molecule has 0 spiro atoms. The monoisotopic (exact) mass is 362 g/mol. The first-order valence-electron chi connectivity index (χ1n) is 9.88. The Kier molecular flexibility index (Phi) is 8.23. The molecule has 1 atom stereocenters. The maximum absolute atomic E-state index is 12.8. The minimum Gasteiger partial charge on any atom is -0.493 e. The number of ether oxygens (including phenoxy) is 2. The van der Waals surface area contributed by atoms with Crippen molar-refractivity contribution in [3.8, 4) is 11.5 Å². The summed E-state index contributed by atoms with van der Waals surface area (Å²) >= 11 is 0. The summed E-state index contributed by atoms with van der Waals surface area (Å²) in [7, 11) is 3.36. The Morgan fingerprint density at radius 1 is 1.23 bits per heavy atom. The third kappa shape index (κ3) is 4.91. The number of methoxy groups -OCH3 is 2. The summed E-state index contributed by atoms with van der Waals surface area (Å²) in [4.78, 5) is 14.9. The first-order valence-corrected chi connectivity index (χ1v) is 9.88. The number of rotatable bonds is 10. The van der Waals surface area contributed by atoms with E-state index >= 15 is 0 Å². The SMILES string of the molecule is CCCN(C(=O)CCCCCN)[C@H]1CCc2c(ccc(OC)c2OC)C1. The van der Waals surface area contributed by atoms with E-state index < -0.39 is 0 Å². The van der Waals surface area contributed by atoms with E-state index in [2.05, 4.69) is 17.9 Å². The fraction of sp³-hybridized carbons (Fsp3) is 0.667. The standard InChI is InChI=1S/C21H34N2O3/c1-4-14-23(20(24)8-6-5-7-13-22)17-10-11-18-16(15-17)9-12-19(25-2)21(18)26-3/h9,12,17H,4-8,10-11,13-15,22H2,1-3H3/t17-/m0/s1. The first kappa shape index (κ1) is 20.6. The van der Waals surface area contributed by atoms with Crippen molar-refractivity contribution in [1.82, 2.24) is 4.90 Å². The van der Waals surface area contributed by atoms with Gasteiger partial charge in [-0.1, -0.05) is 19.4 Å². The Hall–Kier alpha value is -1.75. The van der Waals surface area contributed by atoms with Crippen LogP contribution in [0.2, 0.25) is 0 Å². The molecular weight excluding hydrogens is 328 g/mol. The van der Waals surface area contributed by atoms with Crippen LogP contribution < -0.4 is 15.2 Å². The molecule has 2 rings (SSSR count). The summed E-state index contributed by atoms with van der Waals surface area (Å²) in [6.07, 6.45) is 7.38. The predicted octanol–water partition coefficient (Wildman–Crippen LogP) is 3.32. The number of nitrogens with zero attached hydrogens (tertiary/aromatic N) is 1. The highest BCUT2D eigenvalue weighted by Crippen LogP contribution is 2.38. The molecule has 0 bridgehead atoms. The molecule has 0 saturated carbocycles. The van der Waals surface area contributed by atoms with Crippen LogP contribution in [-0.2, 0) is 17.6 Å². The van der Waals surface area contributed by atoms with Gasteiger partial charge in [0, 0.05) is 24.6 Å². The minimum atomic E-state index is 0.280. The van der Waals surface area contributed by atoms with Gasteiger partial charge in [-0.25, -0.2) is 0 Å². The molecule has 5 heteroatoms. The van der Waals surface area contributed by atoms with E-state index in [9.17, 15) is 4.79 Å². The second-order valence-corrected chi connectivity index (χ2v) is 7.02. The van der Waals surface area contributed by atoms with Crippen LogP contribution in [0.4, 0.5) is 0 Å². The number of hydrogen-bond acceptors (Lipinski definition) is 4. The summed E-state index contributed by atoms with van der Waals surface area (Å²) in [6, 6.07) is 4.37. The second-order valence-electron chi connectivity index (χ2n) is 7.02. The molecule has 1 amide bonds. The smallest absolute Gasteiger partial charge is 0.222 e. The number of fused-ring (bicyclic) bond motifs is 1. The molecule has 146 valence electrons. The minimum absolute atomic E-state index is 0.280. The summed E-state index contributed by atoms with van der Waals surface area (Å²) < 4.78 is 11.0. The van der Waals surface area contributed by atoms with Gasteiger partial charge in [0.2, 0.25) is 5.91 Å². The number of carbonyl (C=O) groups excluding carboxylic acids is 1. The van der Waals surface area contributed by atoms with Crippen LogP contribution in [-0.4, -0.2) is 44.2 Å². The molecule has 1 aliphatic carbocycles. The number of nitrogens with two attached hydrogens (primary N) is 1. The van der Waals surface area contributed by atoms with Crippen molar-refractivity contribution in [1.29, 1.82) is 0 Å². The lowest BCUT2D eigenvalue weighted by atomic mass is 9.86. The fourth-order valence-corrected chi connectivity index (χ4v) is 3.92. The molecule has 5 nitrogen and oxygen atoms in total. The normalized spacial score (nSPS) is 16.1. The topological polar surface area (TPSA) is 64.8 Å². The Bertz CT molecular complexity index is 589. The van der Waals surface area contributed by atoms with Crippen molar-refractivity contribution in [2.75, 3.05) is 27.3 Å². The highest BCUT2D eigenvalue weighted by atomic mass is 16.5. The third-order valence-corrected chi connectivity index (χ3v) is 5.25. The summed E-state index contributed by atoms with van der Waals surface area (Å²) in [5.41, 5.74) is 8.05. The highest BCUT2D eigenvalue weighted by Gasteiger charge is 2.29. The van der Waals surface area contributed by atoms with E-state index in [4.69, 9.17) is 15.2 Å². The molecule has 0 radical (unpaired) electrons. The second kappa shape index (κ2) is 10.4. The zero-order chi connectivity index (χ0) is 18.9. The Labute approximate surface area is 157 Å². The van der Waals surface area contributed by atoms with Gasteiger partial charge in [-0.3, -0.25) is 4.79 Å². The number of unbranched alkanes of at least 4 members (excludes halogenated alkanes) is 2. The zero-order valence-corrected chi connectivity index (χ0v) is 16.6. The van der Waals surface area contributed by atoms with Crippen molar-refractivity contribution >= 4 is 5.91 Å². The van der Waals surface area contributed by atoms with E-state index in [0.29, 0.717) is 13.0 Å². The van der Waals surface area contributed by atoms with E-state index in [-0.39, 0.29) is 11.9 Å². The van der Waals surface area contributed by atoms with Crippen LogP contribution >= 0.6 is 0 Å². The van der Waals surface area contributed by atoms with Crippen molar-refractivity contribution in [2.45, 2.75) is 64.3 Å². The van der Waals surface area contributed by atoms with Gasteiger partial charge in [0.15, 0.2) is 11.5 Å². The van der Waals surface area contributed by atoms with E-state index in [1.807, 2.05) is 6.07 Å². The molecule has 0 heterocycles. The quantitative estimate of drug-likeness (QED) is 0.649.